The van der Waals surface area contributed by atoms with Crippen molar-refractivity contribution in [3.05, 3.63) is 70.8 Å². The van der Waals surface area contributed by atoms with Crippen LogP contribution in [0.3, 0.4) is 0 Å². The van der Waals surface area contributed by atoms with Crippen molar-refractivity contribution in [3.8, 4) is 24.3 Å². The molecule has 0 saturated carbocycles. The lowest BCUT2D eigenvalue weighted by atomic mass is 10.2. The second-order valence-corrected chi connectivity index (χ2v) is 3.60. The highest BCUT2D eigenvalue weighted by Gasteiger charge is 1.89. The van der Waals surface area contributed by atoms with Crippen molar-refractivity contribution in [2.24, 2.45) is 0 Å². The molecule has 2 rings (SSSR count). The number of hydrogen-bond acceptors (Lipinski definition) is 4. The van der Waals surface area contributed by atoms with E-state index in [2.05, 4.69) is 0 Å². The van der Waals surface area contributed by atoms with Crippen LogP contribution in [0.15, 0.2) is 48.5 Å². The van der Waals surface area contributed by atoms with Crippen LogP contribution in [0.25, 0.3) is 0 Å². The van der Waals surface area contributed by atoms with Crippen molar-refractivity contribution in [1.82, 2.24) is 0 Å². The summed E-state index contributed by atoms with van der Waals surface area (Å²) in [5, 5.41) is 33.5. The Balaban J connectivity index is 0.000000200. The molecule has 0 fully saturated rings. The lowest BCUT2D eigenvalue weighted by molar-refractivity contribution is 1.45. The molecular formula is C16H8N4. The van der Waals surface area contributed by atoms with Gasteiger partial charge in [-0.3, -0.25) is 0 Å². The van der Waals surface area contributed by atoms with E-state index in [1.54, 1.807) is 48.5 Å². The van der Waals surface area contributed by atoms with E-state index in [4.69, 9.17) is 21.0 Å². The number of benzene rings is 2. The molecular weight excluding hydrogens is 248 g/mol. The van der Waals surface area contributed by atoms with Gasteiger partial charge in [-0.1, -0.05) is 0 Å². The van der Waals surface area contributed by atoms with Gasteiger partial charge in [-0.25, -0.2) is 0 Å². The van der Waals surface area contributed by atoms with Gasteiger partial charge in [-0.05, 0) is 48.5 Å². The van der Waals surface area contributed by atoms with E-state index < -0.39 is 0 Å². The van der Waals surface area contributed by atoms with Gasteiger partial charge in [0.15, 0.2) is 0 Å². The molecule has 0 bridgehead atoms. The molecule has 0 heterocycles. The van der Waals surface area contributed by atoms with Gasteiger partial charge >= 0.3 is 0 Å². The minimum Gasteiger partial charge on any atom is -0.192 e. The maximum absolute atomic E-state index is 8.37. The van der Waals surface area contributed by atoms with Gasteiger partial charge in [-0.2, -0.15) is 21.0 Å². The smallest absolute Gasteiger partial charge is 0.0991 e. The number of nitrogens with zero attached hydrogens (tertiary/aromatic N) is 4. The highest BCUT2D eigenvalue weighted by molar-refractivity contribution is 5.37. The molecule has 92 valence electrons. The third-order valence-corrected chi connectivity index (χ3v) is 2.29. The molecule has 0 saturated heterocycles. The molecule has 4 heteroatoms. The van der Waals surface area contributed by atoms with E-state index in [1.165, 1.54) is 0 Å². The first-order valence-electron chi connectivity index (χ1n) is 5.54. The van der Waals surface area contributed by atoms with Crippen molar-refractivity contribution in [3.63, 3.8) is 0 Å². The molecule has 20 heavy (non-hydrogen) atoms. The van der Waals surface area contributed by atoms with Gasteiger partial charge in [0.25, 0.3) is 0 Å². The summed E-state index contributed by atoms with van der Waals surface area (Å²) in [6.07, 6.45) is 0. The molecule has 0 spiro atoms. The quantitative estimate of drug-likeness (QED) is 0.724. The number of nitriles is 4. The lowest BCUT2D eigenvalue weighted by Gasteiger charge is -1.85. The summed E-state index contributed by atoms with van der Waals surface area (Å²) in [5.41, 5.74) is 2.33. The van der Waals surface area contributed by atoms with E-state index in [0.717, 1.165) is 0 Å². The largest absolute Gasteiger partial charge is 0.192 e. The van der Waals surface area contributed by atoms with Crippen LogP contribution in [0.4, 0.5) is 0 Å². The van der Waals surface area contributed by atoms with Crippen LogP contribution in [0, 0.1) is 45.3 Å². The number of rotatable bonds is 0. The molecule has 2 aromatic carbocycles. The van der Waals surface area contributed by atoms with Gasteiger partial charge in [0.05, 0.1) is 46.5 Å². The molecule has 0 unspecified atom stereocenters. The Labute approximate surface area is 117 Å². The first-order chi connectivity index (χ1) is 9.73. The van der Waals surface area contributed by atoms with Crippen LogP contribution in [0.1, 0.15) is 22.3 Å². The average Bonchev–Trinajstić information content (AvgIpc) is 2.55. The predicted molar refractivity (Wildman–Crippen MR) is 71.7 cm³/mol. The molecule has 0 aliphatic carbocycles. The van der Waals surface area contributed by atoms with E-state index in [-0.39, 0.29) is 0 Å². The Kier molecular flexibility index (Phi) is 5.55. The zero-order valence-electron chi connectivity index (χ0n) is 10.4. The second kappa shape index (κ2) is 7.67. The first-order valence-corrected chi connectivity index (χ1v) is 5.54. The summed E-state index contributed by atoms with van der Waals surface area (Å²) in [6.45, 7) is 0. The zero-order chi connectivity index (χ0) is 14.8. The van der Waals surface area contributed by atoms with Gasteiger partial charge in [0.1, 0.15) is 0 Å². The Morgan fingerprint density at radius 3 is 0.650 bits per heavy atom. The maximum Gasteiger partial charge on any atom is 0.0991 e. The van der Waals surface area contributed by atoms with Gasteiger partial charge in [-0.15, -0.1) is 0 Å². The monoisotopic (exact) mass is 256 g/mol. The molecule has 0 amide bonds. The summed E-state index contributed by atoms with van der Waals surface area (Å²) in [5.74, 6) is 0. The average molecular weight is 256 g/mol. The Morgan fingerprint density at radius 2 is 0.550 bits per heavy atom. The molecule has 0 N–H and O–H groups in total. The minimum atomic E-state index is 0.582. The summed E-state index contributed by atoms with van der Waals surface area (Å²) < 4.78 is 0. The Morgan fingerprint density at radius 1 is 0.400 bits per heavy atom. The van der Waals surface area contributed by atoms with Crippen molar-refractivity contribution >= 4 is 0 Å². The highest BCUT2D eigenvalue weighted by Crippen LogP contribution is 2.01. The van der Waals surface area contributed by atoms with Crippen LogP contribution in [0.2, 0.25) is 0 Å². The third kappa shape index (κ3) is 4.34. The molecule has 0 aromatic heterocycles. The van der Waals surface area contributed by atoms with E-state index in [9.17, 15) is 0 Å². The van der Waals surface area contributed by atoms with Crippen LogP contribution in [-0.4, -0.2) is 0 Å². The van der Waals surface area contributed by atoms with Crippen LogP contribution >= 0.6 is 0 Å². The maximum atomic E-state index is 8.37. The molecule has 0 atom stereocenters. The first kappa shape index (κ1) is 14.5. The Hall–Kier alpha value is -3.60. The summed E-state index contributed by atoms with van der Waals surface area (Å²) in [7, 11) is 0. The fourth-order valence-electron chi connectivity index (χ4n) is 1.24. The van der Waals surface area contributed by atoms with Gasteiger partial charge in [0, 0.05) is 0 Å². The highest BCUT2D eigenvalue weighted by atomic mass is 14.2. The molecule has 2 aromatic rings. The zero-order valence-corrected chi connectivity index (χ0v) is 10.4. The molecule has 0 aliphatic rings. The summed E-state index contributed by atoms with van der Waals surface area (Å²) in [4.78, 5) is 0. The normalized spacial score (nSPS) is 7.80. The van der Waals surface area contributed by atoms with E-state index in [0.29, 0.717) is 22.3 Å². The summed E-state index contributed by atoms with van der Waals surface area (Å²) >= 11 is 0. The minimum absolute atomic E-state index is 0.582. The molecule has 0 aliphatic heterocycles. The SMILES string of the molecule is N#Cc1ccc(C#N)cc1.N#Cc1ccc(C#N)cc1. The fourth-order valence-corrected chi connectivity index (χ4v) is 1.24. The molecule has 4 nitrogen and oxygen atoms in total. The number of hydrogen-bond donors (Lipinski definition) is 0. The van der Waals surface area contributed by atoms with Gasteiger partial charge in [0.2, 0.25) is 0 Å². The Bertz CT molecular complexity index is 597. The fraction of sp³-hybridized carbons (Fsp3) is 0. The van der Waals surface area contributed by atoms with Crippen LogP contribution < -0.4 is 0 Å². The van der Waals surface area contributed by atoms with Crippen molar-refractivity contribution < 1.29 is 0 Å². The van der Waals surface area contributed by atoms with Crippen molar-refractivity contribution in [2.45, 2.75) is 0 Å². The van der Waals surface area contributed by atoms with E-state index in [1.807, 2.05) is 24.3 Å². The van der Waals surface area contributed by atoms with Crippen molar-refractivity contribution in [1.29, 1.82) is 21.0 Å². The van der Waals surface area contributed by atoms with E-state index >= 15 is 0 Å². The van der Waals surface area contributed by atoms with Crippen LogP contribution in [-0.2, 0) is 0 Å². The summed E-state index contributed by atoms with van der Waals surface area (Å²) in [6, 6.07) is 20.9. The van der Waals surface area contributed by atoms with Gasteiger partial charge < -0.3 is 0 Å². The lowest BCUT2D eigenvalue weighted by Crippen LogP contribution is -1.74. The topological polar surface area (TPSA) is 95.2 Å². The standard InChI is InChI=1S/2C8H4N2/c2*9-5-7-1-2-8(6-10)4-3-7/h2*1-4H. The second-order valence-electron chi connectivity index (χ2n) is 3.60. The van der Waals surface area contributed by atoms with Crippen molar-refractivity contribution in [2.75, 3.05) is 0 Å². The predicted octanol–water partition coefficient (Wildman–Crippen LogP) is 2.86. The van der Waals surface area contributed by atoms with Crippen LogP contribution in [0.5, 0.6) is 0 Å². The molecule has 0 radical (unpaired) electrons. The third-order valence-electron chi connectivity index (χ3n) is 2.29.